The molecule has 2 aliphatic heterocycles. The highest BCUT2D eigenvalue weighted by molar-refractivity contribution is 6.18. The number of hydrogen-bond donors (Lipinski definition) is 5. The highest BCUT2D eigenvalue weighted by Gasteiger charge is 2.52. The highest BCUT2D eigenvalue weighted by Crippen LogP contribution is 2.43. The maximum atomic E-state index is 15.0. The van der Waals surface area contributed by atoms with Gasteiger partial charge in [-0.05, 0) is 31.4 Å². The molecule has 1 saturated heterocycles. The van der Waals surface area contributed by atoms with Gasteiger partial charge in [-0.1, -0.05) is 0 Å². The van der Waals surface area contributed by atoms with Gasteiger partial charge in [0.25, 0.3) is 0 Å². The lowest BCUT2D eigenvalue weighted by atomic mass is 9.74. The molecule has 14 heteroatoms. The Kier molecular flexibility index (Phi) is 6.93. The number of carbonyl (C=O) groups excluding carboxylic acids is 2. The van der Waals surface area contributed by atoms with Crippen molar-refractivity contribution >= 4 is 29.0 Å². The summed E-state index contributed by atoms with van der Waals surface area (Å²) in [7, 11) is 0. The molecular weight excluding hydrogens is 519 g/mol. The Hall–Kier alpha value is -3.78. The van der Waals surface area contributed by atoms with E-state index in [2.05, 4.69) is 25.6 Å². The zero-order valence-corrected chi connectivity index (χ0v) is 20.8. The molecule has 7 N–H and O–H groups in total. The largest absolute Gasteiger partial charge is 0.485 e. The van der Waals surface area contributed by atoms with Crippen molar-refractivity contribution in [3.8, 4) is 5.75 Å². The Morgan fingerprint density at radius 2 is 1.85 bits per heavy atom. The van der Waals surface area contributed by atoms with Crippen molar-refractivity contribution in [2.45, 2.75) is 55.3 Å². The monoisotopic (exact) mass is 547 g/mol. The lowest BCUT2D eigenvalue weighted by Crippen LogP contribution is -2.54. The molecule has 1 saturated carbocycles. The molecule has 0 unspecified atom stereocenters. The Balaban J connectivity index is 1.56. The van der Waals surface area contributed by atoms with Gasteiger partial charge in [-0.3, -0.25) is 9.59 Å². The van der Waals surface area contributed by atoms with Crippen molar-refractivity contribution < 1.29 is 32.6 Å². The Morgan fingerprint density at radius 3 is 2.44 bits per heavy atom. The lowest BCUT2D eigenvalue weighted by molar-refractivity contribution is -0.134. The van der Waals surface area contributed by atoms with Crippen LogP contribution in [0.25, 0.3) is 0 Å². The molecule has 2 atom stereocenters. The van der Waals surface area contributed by atoms with Crippen LogP contribution in [-0.2, 0) is 15.0 Å². The minimum atomic E-state index is -2.20. The van der Waals surface area contributed by atoms with E-state index in [1.807, 2.05) is 0 Å². The predicted molar refractivity (Wildman–Crippen MR) is 133 cm³/mol. The summed E-state index contributed by atoms with van der Waals surface area (Å²) in [5.74, 6) is -5.02. The fourth-order valence-corrected chi connectivity index (χ4v) is 5.10. The number of nitrogens with one attached hydrogen (secondary N) is 2. The van der Waals surface area contributed by atoms with Crippen LogP contribution >= 0.6 is 0 Å². The maximum absolute atomic E-state index is 15.0. The van der Waals surface area contributed by atoms with Crippen LogP contribution in [0, 0.1) is 11.6 Å². The molecule has 3 heterocycles. The van der Waals surface area contributed by atoms with Gasteiger partial charge in [0.05, 0.1) is 17.0 Å². The Morgan fingerprint density at radius 1 is 1.15 bits per heavy atom. The van der Waals surface area contributed by atoms with Crippen LogP contribution in [0.5, 0.6) is 5.75 Å². The van der Waals surface area contributed by atoms with Gasteiger partial charge < -0.3 is 31.9 Å². The molecule has 1 aromatic carbocycles. The zero-order chi connectivity index (χ0) is 27.9. The van der Waals surface area contributed by atoms with Crippen molar-refractivity contribution in [2.24, 2.45) is 16.5 Å². The molecular formula is C25H28F3N7O4. The minimum Gasteiger partial charge on any atom is -0.485 e. The number of nitrogens with two attached hydrogens (primary N) is 2. The number of amides is 2. The average molecular weight is 548 g/mol. The number of carbonyl (C=O) groups is 2. The molecule has 1 aromatic heterocycles. The summed E-state index contributed by atoms with van der Waals surface area (Å²) >= 11 is 0. The van der Waals surface area contributed by atoms with Gasteiger partial charge in [-0.15, -0.1) is 0 Å². The summed E-state index contributed by atoms with van der Waals surface area (Å²) in [6.45, 7) is 0.327. The van der Waals surface area contributed by atoms with Crippen molar-refractivity contribution in [2.75, 3.05) is 25.0 Å². The SMILES string of the molecule is NC(=O)C1(C(N)=O)CC(c2cc(F)c(OCC3(O)CCC3)c(F)c2)=Nc2c(N[C@@H]3CNC[C@@H](F)C3)ncnc21. The second-order valence-electron chi connectivity index (χ2n) is 10.3. The molecule has 11 nitrogen and oxygen atoms in total. The number of ether oxygens (including phenoxy) is 1. The standard InChI is InChI=1S/C25H28F3N7O4/c26-13-6-14(9-31-8-13)34-21-18-20(32-11-33-21)25(22(29)36,23(30)37)7-17(35-18)12-4-15(27)19(16(28)5-12)39-10-24(38)2-1-3-24/h4-5,11,13-14,31,38H,1-3,6-10H2,(H2,29,36)(H2,30,37)(H,32,33,34)/t13-,14-/m0/s1. The van der Waals surface area contributed by atoms with Crippen molar-refractivity contribution in [3.63, 3.8) is 0 Å². The van der Waals surface area contributed by atoms with Gasteiger partial charge in [0.2, 0.25) is 11.8 Å². The number of aliphatic imine (C=N–C) groups is 1. The summed E-state index contributed by atoms with van der Waals surface area (Å²) in [5.41, 5.74) is 7.58. The molecule has 5 rings (SSSR count). The predicted octanol–water partition coefficient (Wildman–Crippen LogP) is 0.893. The second-order valence-corrected chi connectivity index (χ2v) is 10.3. The number of benzene rings is 1. The number of halogens is 3. The molecule has 2 fully saturated rings. The number of nitrogens with zero attached hydrogens (tertiary/aromatic N) is 3. The third kappa shape index (κ3) is 4.89. The number of rotatable bonds is 8. The molecule has 2 aromatic rings. The fraction of sp³-hybridized carbons (Fsp3) is 0.480. The number of fused-ring (bicyclic) bond motifs is 1. The number of aliphatic hydroxyl groups is 1. The first-order valence-corrected chi connectivity index (χ1v) is 12.5. The van der Waals surface area contributed by atoms with Crippen molar-refractivity contribution in [3.05, 3.63) is 41.4 Å². The molecule has 208 valence electrons. The first-order chi connectivity index (χ1) is 18.5. The molecule has 0 bridgehead atoms. The number of hydrogen-bond acceptors (Lipinski definition) is 9. The van der Waals surface area contributed by atoms with E-state index >= 15 is 8.78 Å². The van der Waals surface area contributed by atoms with Gasteiger partial charge in [0.1, 0.15) is 24.8 Å². The molecule has 39 heavy (non-hydrogen) atoms. The van der Waals surface area contributed by atoms with Crippen molar-refractivity contribution in [1.82, 2.24) is 15.3 Å². The smallest absolute Gasteiger partial charge is 0.239 e. The van der Waals surface area contributed by atoms with Crippen LogP contribution in [-0.4, -0.2) is 70.1 Å². The normalized spacial score (nSPS) is 23.1. The minimum absolute atomic E-state index is 0.0691. The molecule has 1 aliphatic carbocycles. The van der Waals surface area contributed by atoms with Crippen LogP contribution in [0.4, 0.5) is 24.7 Å². The average Bonchev–Trinajstić information content (AvgIpc) is 2.86. The lowest BCUT2D eigenvalue weighted by Gasteiger charge is -2.36. The van der Waals surface area contributed by atoms with E-state index < -0.39 is 58.8 Å². The first-order valence-electron chi connectivity index (χ1n) is 12.5. The first kappa shape index (κ1) is 26.8. The topological polar surface area (TPSA) is 178 Å². The van der Waals surface area contributed by atoms with Crippen LogP contribution in [0.3, 0.4) is 0 Å². The molecule has 0 spiro atoms. The summed E-state index contributed by atoms with van der Waals surface area (Å²) < 4.78 is 49.3. The van der Waals surface area contributed by atoms with Gasteiger partial charge >= 0.3 is 0 Å². The molecule has 3 aliphatic rings. The quantitative estimate of drug-likeness (QED) is 0.303. The van der Waals surface area contributed by atoms with E-state index in [0.717, 1.165) is 24.9 Å². The number of aromatic nitrogens is 2. The van der Waals surface area contributed by atoms with Gasteiger partial charge in [-0.2, -0.15) is 0 Å². The van der Waals surface area contributed by atoms with E-state index in [1.165, 1.54) is 0 Å². The third-order valence-electron chi connectivity index (χ3n) is 7.49. The third-order valence-corrected chi connectivity index (χ3v) is 7.49. The van der Waals surface area contributed by atoms with Gasteiger partial charge in [0, 0.05) is 37.5 Å². The van der Waals surface area contributed by atoms with Gasteiger partial charge in [0.15, 0.2) is 28.6 Å². The van der Waals surface area contributed by atoms with Crippen LogP contribution < -0.4 is 26.8 Å². The Labute approximate surface area is 221 Å². The van der Waals surface area contributed by atoms with E-state index in [4.69, 9.17) is 16.2 Å². The van der Waals surface area contributed by atoms with Gasteiger partial charge in [-0.25, -0.2) is 28.1 Å². The maximum Gasteiger partial charge on any atom is 0.239 e. The van der Waals surface area contributed by atoms with Crippen LogP contribution in [0.1, 0.15) is 43.4 Å². The Bertz CT molecular complexity index is 1310. The summed E-state index contributed by atoms with van der Waals surface area (Å²) in [6.07, 6.45) is 1.34. The van der Waals surface area contributed by atoms with E-state index in [-0.39, 0.29) is 48.0 Å². The van der Waals surface area contributed by atoms with E-state index in [1.54, 1.807) is 0 Å². The molecule has 0 radical (unpaired) electrons. The van der Waals surface area contributed by atoms with Crippen molar-refractivity contribution in [1.29, 1.82) is 0 Å². The number of anilines is 1. The summed E-state index contributed by atoms with van der Waals surface area (Å²) in [5, 5.41) is 16.2. The highest BCUT2D eigenvalue weighted by atomic mass is 19.1. The summed E-state index contributed by atoms with van der Waals surface area (Å²) in [4.78, 5) is 38.2. The second kappa shape index (κ2) is 10.1. The van der Waals surface area contributed by atoms with Crippen LogP contribution in [0.15, 0.2) is 23.5 Å². The zero-order valence-electron chi connectivity index (χ0n) is 20.8. The number of alkyl halides is 1. The van der Waals surface area contributed by atoms with E-state index in [0.29, 0.717) is 19.4 Å². The molecule has 2 amide bonds. The number of primary amides is 2. The fourth-order valence-electron chi connectivity index (χ4n) is 5.10. The number of piperidine rings is 1. The summed E-state index contributed by atoms with van der Waals surface area (Å²) in [6, 6.07) is 1.46. The van der Waals surface area contributed by atoms with Crippen LogP contribution in [0.2, 0.25) is 0 Å². The van der Waals surface area contributed by atoms with E-state index in [9.17, 15) is 19.1 Å².